The zero-order valence-electron chi connectivity index (χ0n) is 10.9. The maximum Gasteiger partial charge on any atom is 0.330 e. The van der Waals surface area contributed by atoms with E-state index in [9.17, 15) is 4.79 Å². The molecule has 1 aromatic rings. The SMILES string of the molecule is COC(=O)C(C)(NC(C)C)c1ccc(Br)cc1Cl. The zero-order valence-corrected chi connectivity index (χ0v) is 13.2. The predicted octanol–water partition coefficient (Wildman–Crippen LogP) is 3.49. The molecular weight excluding hydrogens is 318 g/mol. The molecule has 0 aliphatic heterocycles. The van der Waals surface area contributed by atoms with E-state index in [0.29, 0.717) is 10.6 Å². The molecule has 18 heavy (non-hydrogen) atoms. The summed E-state index contributed by atoms with van der Waals surface area (Å²) in [6, 6.07) is 5.55. The van der Waals surface area contributed by atoms with Crippen molar-refractivity contribution in [3.63, 3.8) is 0 Å². The molecule has 100 valence electrons. The Balaban J connectivity index is 3.29. The molecule has 1 atom stereocenters. The first kappa shape index (κ1) is 15.5. The smallest absolute Gasteiger partial charge is 0.330 e. The van der Waals surface area contributed by atoms with Gasteiger partial charge >= 0.3 is 5.97 Å². The quantitative estimate of drug-likeness (QED) is 0.857. The minimum absolute atomic E-state index is 0.119. The molecule has 1 rings (SSSR count). The van der Waals surface area contributed by atoms with E-state index in [2.05, 4.69) is 21.2 Å². The summed E-state index contributed by atoms with van der Waals surface area (Å²) in [5, 5.41) is 3.73. The normalized spacial score (nSPS) is 14.4. The second-order valence-corrected chi connectivity index (χ2v) is 5.86. The van der Waals surface area contributed by atoms with Crippen molar-refractivity contribution in [2.75, 3.05) is 7.11 Å². The largest absolute Gasteiger partial charge is 0.467 e. The first-order valence-corrected chi connectivity index (χ1v) is 6.80. The molecule has 0 saturated carbocycles. The Morgan fingerprint density at radius 2 is 2.11 bits per heavy atom. The highest BCUT2D eigenvalue weighted by molar-refractivity contribution is 9.10. The van der Waals surface area contributed by atoms with Crippen LogP contribution in [0.3, 0.4) is 0 Å². The Morgan fingerprint density at radius 1 is 1.50 bits per heavy atom. The number of halogens is 2. The minimum atomic E-state index is -0.958. The number of carbonyl (C=O) groups excluding carboxylic acids is 1. The Bertz CT molecular complexity index is 451. The molecular formula is C13H17BrClNO2. The lowest BCUT2D eigenvalue weighted by atomic mass is 9.91. The van der Waals surface area contributed by atoms with Gasteiger partial charge in [0.25, 0.3) is 0 Å². The van der Waals surface area contributed by atoms with Gasteiger partial charge in [-0.15, -0.1) is 0 Å². The molecule has 5 heteroatoms. The Labute approximate surface area is 121 Å². The molecule has 0 spiro atoms. The average Bonchev–Trinajstić information content (AvgIpc) is 2.26. The van der Waals surface area contributed by atoms with E-state index in [1.54, 1.807) is 13.0 Å². The van der Waals surface area contributed by atoms with Gasteiger partial charge in [-0.2, -0.15) is 0 Å². The van der Waals surface area contributed by atoms with E-state index in [4.69, 9.17) is 16.3 Å². The van der Waals surface area contributed by atoms with Crippen LogP contribution in [0.1, 0.15) is 26.3 Å². The van der Waals surface area contributed by atoms with Crippen LogP contribution in [0, 0.1) is 0 Å². The van der Waals surface area contributed by atoms with Crippen molar-refractivity contribution in [2.45, 2.75) is 32.4 Å². The standard InChI is InChI=1S/C13H17BrClNO2/c1-8(2)16-13(3,12(17)18-4)10-6-5-9(14)7-11(10)15/h5-8,16H,1-4H3. The molecule has 3 nitrogen and oxygen atoms in total. The van der Waals surface area contributed by atoms with Crippen molar-refractivity contribution in [2.24, 2.45) is 0 Å². The fourth-order valence-electron chi connectivity index (χ4n) is 1.92. The summed E-state index contributed by atoms with van der Waals surface area (Å²) >= 11 is 9.57. The van der Waals surface area contributed by atoms with Crippen molar-refractivity contribution in [3.05, 3.63) is 33.3 Å². The zero-order chi connectivity index (χ0) is 13.9. The molecule has 1 aromatic carbocycles. The van der Waals surface area contributed by atoms with Crippen LogP contribution in [0.2, 0.25) is 5.02 Å². The van der Waals surface area contributed by atoms with Gasteiger partial charge in [0.2, 0.25) is 0 Å². The summed E-state index contributed by atoms with van der Waals surface area (Å²) in [6.45, 7) is 5.70. The molecule has 0 bridgehead atoms. The third kappa shape index (κ3) is 3.25. The summed E-state index contributed by atoms with van der Waals surface area (Å²) < 4.78 is 5.75. The first-order chi connectivity index (χ1) is 8.31. The molecule has 0 radical (unpaired) electrons. The number of rotatable bonds is 4. The van der Waals surface area contributed by atoms with Gasteiger partial charge in [0.1, 0.15) is 5.54 Å². The fraction of sp³-hybridized carbons (Fsp3) is 0.462. The highest BCUT2D eigenvalue weighted by atomic mass is 79.9. The van der Waals surface area contributed by atoms with Crippen molar-refractivity contribution >= 4 is 33.5 Å². The van der Waals surface area contributed by atoms with Crippen LogP contribution >= 0.6 is 27.5 Å². The van der Waals surface area contributed by atoms with Gasteiger partial charge in [-0.25, -0.2) is 4.79 Å². The second kappa shape index (κ2) is 6.04. The van der Waals surface area contributed by atoms with Crippen LogP contribution in [0.5, 0.6) is 0 Å². The highest BCUT2D eigenvalue weighted by Gasteiger charge is 2.38. The molecule has 0 saturated heterocycles. The molecule has 0 amide bonds. The van der Waals surface area contributed by atoms with Crippen molar-refractivity contribution < 1.29 is 9.53 Å². The van der Waals surface area contributed by atoms with E-state index in [0.717, 1.165) is 4.47 Å². The van der Waals surface area contributed by atoms with E-state index in [-0.39, 0.29) is 12.0 Å². The van der Waals surface area contributed by atoms with E-state index in [1.807, 2.05) is 26.0 Å². The average molecular weight is 335 g/mol. The third-order valence-electron chi connectivity index (χ3n) is 2.64. The Hall–Kier alpha value is -0.580. The predicted molar refractivity (Wildman–Crippen MR) is 76.8 cm³/mol. The summed E-state index contributed by atoms with van der Waals surface area (Å²) in [7, 11) is 1.37. The molecule has 0 aromatic heterocycles. The van der Waals surface area contributed by atoms with Crippen LogP contribution in [0.15, 0.2) is 22.7 Å². The lowest BCUT2D eigenvalue weighted by molar-refractivity contribution is -0.148. The number of carbonyl (C=O) groups is 1. The maximum absolute atomic E-state index is 12.1. The van der Waals surface area contributed by atoms with Crippen LogP contribution in [0.4, 0.5) is 0 Å². The van der Waals surface area contributed by atoms with Gasteiger partial charge in [0.05, 0.1) is 7.11 Å². The van der Waals surface area contributed by atoms with Gasteiger partial charge in [-0.3, -0.25) is 5.32 Å². The molecule has 1 N–H and O–H groups in total. The lowest BCUT2D eigenvalue weighted by Gasteiger charge is -2.31. The molecule has 0 aliphatic carbocycles. The maximum atomic E-state index is 12.1. The summed E-state index contributed by atoms with van der Waals surface area (Å²) in [5.41, 5.74) is -0.256. The first-order valence-electron chi connectivity index (χ1n) is 5.63. The molecule has 1 unspecified atom stereocenters. The molecule has 0 aliphatic rings. The monoisotopic (exact) mass is 333 g/mol. The summed E-state index contributed by atoms with van der Waals surface area (Å²) in [6.07, 6.45) is 0. The lowest BCUT2D eigenvalue weighted by Crippen LogP contribution is -2.50. The number of nitrogens with one attached hydrogen (secondary N) is 1. The Morgan fingerprint density at radius 3 is 2.56 bits per heavy atom. The van der Waals surface area contributed by atoms with Crippen LogP contribution in [-0.4, -0.2) is 19.1 Å². The minimum Gasteiger partial charge on any atom is -0.467 e. The number of hydrogen-bond donors (Lipinski definition) is 1. The van der Waals surface area contributed by atoms with Crippen LogP contribution in [-0.2, 0) is 15.1 Å². The van der Waals surface area contributed by atoms with E-state index in [1.165, 1.54) is 7.11 Å². The summed E-state index contributed by atoms with van der Waals surface area (Å²) in [5.74, 6) is -0.361. The number of benzene rings is 1. The van der Waals surface area contributed by atoms with Gasteiger partial charge < -0.3 is 4.74 Å². The van der Waals surface area contributed by atoms with Gasteiger partial charge in [-0.05, 0) is 32.9 Å². The third-order valence-corrected chi connectivity index (χ3v) is 3.45. The van der Waals surface area contributed by atoms with Crippen molar-refractivity contribution in [3.8, 4) is 0 Å². The van der Waals surface area contributed by atoms with E-state index < -0.39 is 5.54 Å². The number of hydrogen-bond acceptors (Lipinski definition) is 3. The molecule has 0 fully saturated rings. The summed E-state index contributed by atoms with van der Waals surface area (Å²) in [4.78, 5) is 12.1. The van der Waals surface area contributed by atoms with Crippen LogP contribution in [0.25, 0.3) is 0 Å². The number of ether oxygens (including phenoxy) is 1. The fourth-order valence-corrected chi connectivity index (χ4v) is 2.79. The van der Waals surface area contributed by atoms with E-state index >= 15 is 0 Å². The van der Waals surface area contributed by atoms with Crippen molar-refractivity contribution in [1.82, 2.24) is 5.32 Å². The van der Waals surface area contributed by atoms with Gasteiger partial charge in [0, 0.05) is 21.1 Å². The van der Waals surface area contributed by atoms with Crippen LogP contribution < -0.4 is 5.32 Å². The molecule has 0 heterocycles. The number of esters is 1. The topological polar surface area (TPSA) is 38.3 Å². The van der Waals surface area contributed by atoms with Gasteiger partial charge in [0.15, 0.2) is 0 Å². The van der Waals surface area contributed by atoms with Gasteiger partial charge in [-0.1, -0.05) is 33.6 Å². The Kier molecular flexibility index (Phi) is 5.20. The number of methoxy groups -OCH3 is 1. The van der Waals surface area contributed by atoms with Crippen molar-refractivity contribution in [1.29, 1.82) is 0 Å². The highest BCUT2D eigenvalue weighted by Crippen LogP contribution is 2.31. The second-order valence-electron chi connectivity index (χ2n) is 4.54.